The molecule has 0 spiro atoms. The van der Waals surface area contributed by atoms with E-state index in [0.717, 1.165) is 12.8 Å². The van der Waals surface area contributed by atoms with Crippen molar-refractivity contribution in [3.63, 3.8) is 0 Å². The summed E-state index contributed by atoms with van der Waals surface area (Å²) in [6.45, 7) is 2.12. The number of nitrogens with two attached hydrogens (primary N) is 1. The van der Waals surface area contributed by atoms with Crippen LogP contribution in [0, 0.1) is 0 Å². The summed E-state index contributed by atoms with van der Waals surface area (Å²) in [6.07, 6.45) is 4.23. The summed E-state index contributed by atoms with van der Waals surface area (Å²) in [4.78, 5) is 0.0417. The second-order valence-electron chi connectivity index (χ2n) is 2.11. The minimum atomic E-state index is 0.0417. The van der Waals surface area contributed by atoms with Crippen LogP contribution in [0.1, 0.15) is 19.8 Å². The maximum atomic E-state index is 5.86. The summed E-state index contributed by atoms with van der Waals surface area (Å²) in [7, 11) is 0. The van der Waals surface area contributed by atoms with Crippen molar-refractivity contribution in [1.29, 1.82) is 0 Å². The summed E-state index contributed by atoms with van der Waals surface area (Å²) < 4.78 is 0. The van der Waals surface area contributed by atoms with Gasteiger partial charge in [-0.1, -0.05) is 13.0 Å². The van der Waals surface area contributed by atoms with Crippen molar-refractivity contribution in [2.24, 2.45) is 5.73 Å². The smallest absolute Gasteiger partial charge is 0.0693 e. The molecule has 1 aliphatic heterocycles. The van der Waals surface area contributed by atoms with Crippen LogP contribution < -0.4 is 5.73 Å². The van der Waals surface area contributed by atoms with E-state index in [4.69, 9.17) is 5.73 Å². The molecule has 0 aromatic carbocycles. The first-order valence-electron chi connectivity index (χ1n) is 2.88. The van der Waals surface area contributed by atoms with Crippen molar-refractivity contribution >= 4 is 11.8 Å². The highest BCUT2D eigenvalue weighted by atomic mass is 32.2. The van der Waals surface area contributed by atoms with Gasteiger partial charge >= 0.3 is 0 Å². The topological polar surface area (TPSA) is 26.0 Å². The molecule has 1 rings (SSSR count). The predicted molar refractivity (Wildman–Crippen MR) is 38.6 cm³/mol. The van der Waals surface area contributed by atoms with Gasteiger partial charge in [-0.25, -0.2) is 0 Å². The number of rotatable bonds is 1. The lowest BCUT2D eigenvalue weighted by atomic mass is 10.2. The Balaban J connectivity index is 2.46. The van der Waals surface area contributed by atoms with E-state index < -0.39 is 0 Å². The molecule has 0 bridgehead atoms. The van der Waals surface area contributed by atoms with Crippen molar-refractivity contribution in [2.75, 3.05) is 0 Å². The van der Waals surface area contributed by atoms with Gasteiger partial charge in [-0.3, -0.25) is 0 Å². The Morgan fingerprint density at radius 3 is 2.88 bits per heavy atom. The summed E-state index contributed by atoms with van der Waals surface area (Å²) in [6, 6.07) is 0. The van der Waals surface area contributed by atoms with Gasteiger partial charge in [-0.05, 0) is 18.2 Å². The molecule has 0 aromatic heterocycles. The fraction of sp³-hybridized carbons (Fsp3) is 0.667. The third-order valence-corrected chi connectivity index (χ3v) is 2.71. The third-order valence-electron chi connectivity index (χ3n) is 1.46. The molecule has 1 unspecified atom stereocenters. The summed E-state index contributed by atoms with van der Waals surface area (Å²) in [5, 5.41) is 2.09. The lowest BCUT2D eigenvalue weighted by molar-refractivity contribution is 0.609. The van der Waals surface area contributed by atoms with Crippen LogP contribution in [0.5, 0.6) is 0 Å². The van der Waals surface area contributed by atoms with Crippen LogP contribution in [0.2, 0.25) is 0 Å². The van der Waals surface area contributed by atoms with E-state index in [0.29, 0.717) is 0 Å². The van der Waals surface area contributed by atoms with Gasteiger partial charge in [0.25, 0.3) is 0 Å². The molecule has 0 radical (unpaired) electrons. The molecule has 0 aliphatic carbocycles. The van der Waals surface area contributed by atoms with Crippen molar-refractivity contribution in [2.45, 2.75) is 24.6 Å². The van der Waals surface area contributed by atoms with Gasteiger partial charge in [-0.15, -0.1) is 11.8 Å². The molecular formula is C6H11NS. The largest absolute Gasteiger partial charge is 0.316 e. The van der Waals surface area contributed by atoms with Gasteiger partial charge in [0.05, 0.1) is 4.87 Å². The molecule has 0 fully saturated rings. The van der Waals surface area contributed by atoms with E-state index in [1.165, 1.54) is 0 Å². The van der Waals surface area contributed by atoms with E-state index in [1.807, 2.05) is 0 Å². The molecular weight excluding hydrogens is 118 g/mol. The van der Waals surface area contributed by atoms with E-state index in [2.05, 4.69) is 18.4 Å². The SMILES string of the molecule is CCC1(N)CC=CS1. The first-order chi connectivity index (χ1) is 3.77. The molecule has 0 saturated carbocycles. The average molecular weight is 129 g/mol. The lowest BCUT2D eigenvalue weighted by Crippen LogP contribution is -2.31. The zero-order valence-corrected chi connectivity index (χ0v) is 5.87. The highest BCUT2D eigenvalue weighted by Crippen LogP contribution is 2.33. The van der Waals surface area contributed by atoms with Crippen LogP contribution in [0.25, 0.3) is 0 Å². The van der Waals surface area contributed by atoms with E-state index in [-0.39, 0.29) is 4.87 Å². The first-order valence-corrected chi connectivity index (χ1v) is 3.76. The van der Waals surface area contributed by atoms with Crippen LogP contribution >= 0.6 is 11.8 Å². The molecule has 1 heterocycles. The number of thioether (sulfide) groups is 1. The average Bonchev–Trinajstić information content (AvgIpc) is 2.17. The summed E-state index contributed by atoms with van der Waals surface area (Å²) >= 11 is 1.74. The second kappa shape index (κ2) is 2.11. The molecule has 0 saturated heterocycles. The highest BCUT2D eigenvalue weighted by Gasteiger charge is 2.23. The fourth-order valence-electron chi connectivity index (χ4n) is 0.707. The monoisotopic (exact) mass is 129 g/mol. The van der Waals surface area contributed by atoms with Crippen molar-refractivity contribution < 1.29 is 0 Å². The Morgan fingerprint density at radius 1 is 1.88 bits per heavy atom. The van der Waals surface area contributed by atoms with E-state index >= 15 is 0 Å². The van der Waals surface area contributed by atoms with Crippen LogP contribution in [-0.4, -0.2) is 4.87 Å². The molecule has 1 nitrogen and oxygen atoms in total. The summed E-state index contributed by atoms with van der Waals surface area (Å²) in [5.41, 5.74) is 5.86. The van der Waals surface area contributed by atoms with Crippen LogP contribution in [-0.2, 0) is 0 Å². The fourth-order valence-corrected chi connectivity index (χ4v) is 1.53. The molecule has 1 atom stereocenters. The van der Waals surface area contributed by atoms with Gasteiger partial charge in [0.2, 0.25) is 0 Å². The van der Waals surface area contributed by atoms with Crippen LogP contribution in [0.15, 0.2) is 11.5 Å². The maximum absolute atomic E-state index is 5.86. The number of hydrogen-bond acceptors (Lipinski definition) is 2. The molecule has 46 valence electrons. The normalized spacial score (nSPS) is 36.2. The second-order valence-corrected chi connectivity index (χ2v) is 3.43. The Bertz CT molecular complexity index is 101. The van der Waals surface area contributed by atoms with Crippen molar-refractivity contribution in [1.82, 2.24) is 0 Å². The number of hydrogen-bond donors (Lipinski definition) is 1. The minimum Gasteiger partial charge on any atom is -0.316 e. The molecule has 8 heavy (non-hydrogen) atoms. The summed E-state index contributed by atoms with van der Waals surface area (Å²) in [5.74, 6) is 0. The molecule has 1 aliphatic rings. The molecule has 0 aromatic rings. The van der Waals surface area contributed by atoms with Crippen molar-refractivity contribution in [3.05, 3.63) is 11.5 Å². The maximum Gasteiger partial charge on any atom is 0.0693 e. The third kappa shape index (κ3) is 1.06. The first kappa shape index (κ1) is 6.17. The van der Waals surface area contributed by atoms with Gasteiger partial charge < -0.3 is 5.73 Å². The van der Waals surface area contributed by atoms with Crippen molar-refractivity contribution in [3.8, 4) is 0 Å². The molecule has 2 heteroatoms. The lowest BCUT2D eigenvalue weighted by Gasteiger charge is -2.18. The van der Waals surface area contributed by atoms with Crippen LogP contribution in [0.4, 0.5) is 0 Å². The Kier molecular flexibility index (Phi) is 1.63. The highest BCUT2D eigenvalue weighted by molar-refractivity contribution is 8.03. The standard InChI is InChI=1S/C6H11NS/c1-2-6(7)4-3-5-8-6/h3,5H,2,4,7H2,1H3. The van der Waals surface area contributed by atoms with Crippen LogP contribution in [0.3, 0.4) is 0 Å². The van der Waals surface area contributed by atoms with Gasteiger partial charge in [0.1, 0.15) is 0 Å². The van der Waals surface area contributed by atoms with E-state index in [9.17, 15) is 0 Å². The van der Waals surface area contributed by atoms with Gasteiger partial charge in [0.15, 0.2) is 0 Å². The zero-order valence-electron chi connectivity index (χ0n) is 5.05. The minimum absolute atomic E-state index is 0.0417. The zero-order chi connectivity index (χ0) is 6.04. The van der Waals surface area contributed by atoms with Gasteiger partial charge in [-0.2, -0.15) is 0 Å². The molecule has 2 N–H and O–H groups in total. The predicted octanol–water partition coefficient (Wildman–Crippen LogP) is 1.70. The molecule has 0 amide bonds. The quantitative estimate of drug-likeness (QED) is 0.583. The van der Waals surface area contributed by atoms with Gasteiger partial charge in [0, 0.05) is 0 Å². The Labute approximate surface area is 54.3 Å². The van der Waals surface area contributed by atoms with E-state index in [1.54, 1.807) is 11.8 Å². The Hall–Kier alpha value is 0.0500. The Morgan fingerprint density at radius 2 is 2.62 bits per heavy atom.